The van der Waals surface area contributed by atoms with Gasteiger partial charge in [0.2, 0.25) is 0 Å². The van der Waals surface area contributed by atoms with Crippen LogP contribution in [0.4, 0.5) is 27.4 Å². The third kappa shape index (κ3) is 6.68. The van der Waals surface area contributed by atoms with Crippen molar-refractivity contribution in [1.29, 1.82) is 0 Å². The van der Waals surface area contributed by atoms with Crippen LogP contribution in [0.1, 0.15) is 33.3 Å². The molecule has 1 aromatic heterocycles. The molecule has 7 heteroatoms. The average molecular weight is 452 g/mol. The number of halogens is 2. The molecule has 2 N–H and O–H groups in total. The SMILES string of the molecule is CC(C)N(CC#Cc1cccc(Nc2cc(Nc3ccc(F)c(Cl)c3)ncn2)c1)C(C)C. The molecule has 5 nitrogen and oxygen atoms in total. The van der Waals surface area contributed by atoms with Gasteiger partial charge in [-0.15, -0.1) is 0 Å². The quantitative estimate of drug-likeness (QED) is 0.417. The number of hydrogen-bond donors (Lipinski definition) is 2. The molecule has 0 radical (unpaired) electrons. The van der Waals surface area contributed by atoms with Gasteiger partial charge < -0.3 is 10.6 Å². The first-order chi connectivity index (χ1) is 15.3. The van der Waals surface area contributed by atoms with Crippen LogP contribution in [0.15, 0.2) is 54.9 Å². The van der Waals surface area contributed by atoms with Crippen LogP contribution >= 0.6 is 11.6 Å². The van der Waals surface area contributed by atoms with Gasteiger partial charge in [0.05, 0.1) is 11.6 Å². The predicted octanol–water partition coefficient (Wildman–Crippen LogP) is 6.23. The zero-order valence-corrected chi connectivity index (χ0v) is 19.4. The highest BCUT2D eigenvalue weighted by Gasteiger charge is 2.11. The van der Waals surface area contributed by atoms with E-state index in [0.717, 1.165) is 17.8 Å². The minimum absolute atomic E-state index is 0.0465. The van der Waals surface area contributed by atoms with Gasteiger partial charge in [-0.2, -0.15) is 0 Å². The highest BCUT2D eigenvalue weighted by atomic mass is 35.5. The van der Waals surface area contributed by atoms with Crippen molar-refractivity contribution in [3.8, 4) is 11.8 Å². The molecular weight excluding hydrogens is 425 g/mol. The van der Waals surface area contributed by atoms with Crippen LogP contribution in [-0.2, 0) is 0 Å². The second kappa shape index (κ2) is 10.9. The molecule has 0 spiro atoms. The van der Waals surface area contributed by atoms with E-state index in [1.165, 1.54) is 18.5 Å². The maximum Gasteiger partial charge on any atom is 0.141 e. The summed E-state index contributed by atoms with van der Waals surface area (Å²) in [6, 6.07) is 14.9. The zero-order chi connectivity index (χ0) is 23.1. The molecule has 0 aliphatic rings. The fourth-order valence-corrected chi connectivity index (χ4v) is 3.41. The van der Waals surface area contributed by atoms with Crippen LogP contribution in [0.5, 0.6) is 0 Å². The van der Waals surface area contributed by atoms with E-state index in [4.69, 9.17) is 11.6 Å². The Morgan fingerprint density at radius 1 is 0.938 bits per heavy atom. The van der Waals surface area contributed by atoms with Crippen LogP contribution in [0.2, 0.25) is 5.02 Å². The minimum Gasteiger partial charge on any atom is -0.340 e. The highest BCUT2D eigenvalue weighted by Crippen LogP contribution is 2.23. The van der Waals surface area contributed by atoms with Gasteiger partial charge in [-0.1, -0.05) is 29.5 Å². The summed E-state index contributed by atoms with van der Waals surface area (Å²) in [6.07, 6.45) is 1.45. The predicted molar refractivity (Wildman–Crippen MR) is 130 cm³/mol. The molecule has 166 valence electrons. The first-order valence-electron chi connectivity index (χ1n) is 10.5. The van der Waals surface area contributed by atoms with Gasteiger partial charge in [0, 0.05) is 35.1 Å². The van der Waals surface area contributed by atoms with E-state index in [1.54, 1.807) is 12.1 Å². The standard InChI is InChI=1S/C25H27ClFN5/c1-17(2)32(18(3)4)12-6-8-19-7-5-9-20(13-19)30-24-15-25(29-16-28-24)31-21-10-11-23(27)22(26)14-21/h5,7,9-11,13-18H,12H2,1-4H3,(H2,28,29,30,31). The van der Waals surface area contributed by atoms with Crippen LogP contribution in [0.3, 0.4) is 0 Å². The lowest BCUT2D eigenvalue weighted by molar-refractivity contribution is 0.200. The Labute approximate surface area is 194 Å². The second-order valence-corrected chi connectivity index (χ2v) is 8.32. The summed E-state index contributed by atoms with van der Waals surface area (Å²) in [7, 11) is 0. The molecule has 0 saturated carbocycles. The van der Waals surface area contributed by atoms with Crippen molar-refractivity contribution in [2.75, 3.05) is 17.2 Å². The number of hydrogen-bond acceptors (Lipinski definition) is 5. The molecule has 32 heavy (non-hydrogen) atoms. The molecule has 2 aromatic carbocycles. The molecule has 0 atom stereocenters. The first kappa shape index (κ1) is 23.5. The van der Waals surface area contributed by atoms with Crippen LogP contribution in [0.25, 0.3) is 0 Å². The van der Waals surface area contributed by atoms with Crippen LogP contribution < -0.4 is 10.6 Å². The van der Waals surface area contributed by atoms with E-state index in [1.807, 2.05) is 24.3 Å². The van der Waals surface area contributed by atoms with Gasteiger partial charge >= 0.3 is 0 Å². The first-order valence-corrected chi connectivity index (χ1v) is 10.9. The van der Waals surface area contributed by atoms with E-state index in [0.29, 0.717) is 29.4 Å². The molecule has 0 unspecified atom stereocenters. The van der Waals surface area contributed by atoms with Gasteiger partial charge in [-0.3, -0.25) is 4.90 Å². The summed E-state index contributed by atoms with van der Waals surface area (Å²) >= 11 is 5.84. The molecule has 0 saturated heterocycles. The lowest BCUT2D eigenvalue weighted by Gasteiger charge is -2.28. The summed E-state index contributed by atoms with van der Waals surface area (Å²) in [6.45, 7) is 9.45. The molecule has 0 aliphatic carbocycles. The van der Waals surface area contributed by atoms with Crippen molar-refractivity contribution < 1.29 is 4.39 Å². The smallest absolute Gasteiger partial charge is 0.141 e. The number of nitrogens with one attached hydrogen (secondary N) is 2. The van der Waals surface area contributed by atoms with Crippen molar-refractivity contribution in [2.45, 2.75) is 39.8 Å². The number of benzene rings is 2. The summed E-state index contributed by atoms with van der Waals surface area (Å²) in [5.41, 5.74) is 2.43. The Morgan fingerprint density at radius 3 is 2.22 bits per heavy atom. The van der Waals surface area contributed by atoms with Gasteiger partial charge in [-0.25, -0.2) is 14.4 Å². The summed E-state index contributed by atoms with van der Waals surface area (Å²) < 4.78 is 13.4. The van der Waals surface area contributed by atoms with Crippen molar-refractivity contribution in [2.24, 2.45) is 0 Å². The zero-order valence-electron chi connectivity index (χ0n) is 18.7. The molecule has 3 rings (SSSR count). The molecule has 0 amide bonds. The lowest BCUT2D eigenvalue weighted by Crippen LogP contribution is -2.37. The largest absolute Gasteiger partial charge is 0.340 e. The number of aromatic nitrogens is 2. The van der Waals surface area contributed by atoms with Gasteiger partial charge in [0.15, 0.2) is 0 Å². The fourth-order valence-electron chi connectivity index (χ4n) is 3.23. The molecule has 1 heterocycles. The van der Waals surface area contributed by atoms with Crippen molar-refractivity contribution in [1.82, 2.24) is 14.9 Å². The van der Waals surface area contributed by atoms with Crippen molar-refractivity contribution >= 4 is 34.6 Å². The highest BCUT2D eigenvalue weighted by molar-refractivity contribution is 6.31. The molecule has 3 aromatic rings. The molecule has 0 fully saturated rings. The third-order valence-electron chi connectivity index (χ3n) is 4.82. The van der Waals surface area contributed by atoms with E-state index < -0.39 is 5.82 Å². The molecule has 0 aliphatic heterocycles. The summed E-state index contributed by atoms with van der Waals surface area (Å²) in [5, 5.41) is 6.41. The Bertz CT molecular complexity index is 1110. The fraction of sp³-hybridized carbons (Fsp3) is 0.280. The Hall–Kier alpha value is -3.14. The Balaban J connectivity index is 1.68. The number of nitrogens with zero attached hydrogens (tertiary/aromatic N) is 3. The van der Waals surface area contributed by atoms with Gasteiger partial charge in [0.25, 0.3) is 0 Å². The third-order valence-corrected chi connectivity index (χ3v) is 5.10. The summed E-state index contributed by atoms with van der Waals surface area (Å²) in [5.74, 6) is 7.23. The van der Waals surface area contributed by atoms with Crippen molar-refractivity contribution in [3.05, 3.63) is 71.3 Å². The van der Waals surface area contributed by atoms with E-state index in [9.17, 15) is 4.39 Å². The van der Waals surface area contributed by atoms with E-state index >= 15 is 0 Å². The van der Waals surface area contributed by atoms with Crippen LogP contribution in [-0.4, -0.2) is 33.5 Å². The maximum atomic E-state index is 13.4. The summed E-state index contributed by atoms with van der Waals surface area (Å²) in [4.78, 5) is 10.8. The molecule has 0 bridgehead atoms. The monoisotopic (exact) mass is 451 g/mol. The van der Waals surface area contributed by atoms with E-state index in [-0.39, 0.29) is 5.02 Å². The minimum atomic E-state index is -0.466. The normalized spacial score (nSPS) is 10.9. The van der Waals surface area contributed by atoms with Gasteiger partial charge in [0.1, 0.15) is 23.8 Å². The van der Waals surface area contributed by atoms with Gasteiger partial charge in [-0.05, 0) is 64.1 Å². The molecular formula is C25H27ClFN5. The van der Waals surface area contributed by atoms with Crippen molar-refractivity contribution in [3.63, 3.8) is 0 Å². The maximum absolute atomic E-state index is 13.4. The lowest BCUT2D eigenvalue weighted by atomic mass is 10.2. The average Bonchev–Trinajstić information content (AvgIpc) is 2.74. The number of rotatable bonds is 7. The van der Waals surface area contributed by atoms with Crippen LogP contribution in [0, 0.1) is 17.7 Å². The number of anilines is 4. The topological polar surface area (TPSA) is 53.1 Å². The second-order valence-electron chi connectivity index (χ2n) is 7.91. The Morgan fingerprint density at radius 2 is 1.59 bits per heavy atom. The van der Waals surface area contributed by atoms with E-state index in [2.05, 4.69) is 65.0 Å². The Kier molecular flexibility index (Phi) is 8.04.